The van der Waals surface area contributed by atoms with E-state index in [0.29, 0.717) is 10.3 Å². The predicted octanol–water partition coefficient (Wildman–Crippen LogP) is 3.56. The maximum absolute atomic E-state index is 9.00. The fourth-order valence-electron chi connectivity index (χ4n) is 2.12. The smallest absolute Gasteiger partial charge is 0.300 e. The van der Waals surface area contributed by atoms with Gasteiger partial charge in [-0.15, -0.1) is 0 Å². The average Bonchev–Trinajstić information content (AvgIpc) is 2.08. The van der Waals surface area contributed by atoms with E-state index in [4.69, 9.17) is 19.8 Å². The summed E-state index contributed by atoms with van der Waals surface area (Å²) in [6.07, 6.45) is 2.81. The van der Waals surface area contributed by atoms with Crippen LogP contribution >= 0.6 is 7.92 Å². The summed E-state index contributed by atoms with van der Waals surface area (Å²) < 4.78 is 0. The van der Waals surface area contributed by atoms with E-state index in [1.54, 1.807) is 0 Å². The molecule has 0 aliphatic rings. The summed E-state index contributed by atoms with van der Waals surface area (Å²) >= 11 is 0. The third-order valence-electron chi connectivity index (χ3n) is 2.31. The van der Waals surface area contributed by atoms with Crippen molar-refractivity contribution in [1.82, 2.24) is 0 Å². The van der Waals surface area contributed by atoms with Crippen LogP contribution in [-0.4, -0.2) is 44.1 Å². The van der Waals surface area contributed by atoms with Crippen LogP contribution in [0.2, 0.25) is 0 Å². The van der Waals surface area contributed by atoms with E-state index in [0.717, 1.165) is 13.8 Å². The molecule has 4 N–H and O–H groups in total. The Bertz CT molecular complexity index is 249. The van der Waals surface area contributed by atoms with Gasteiger partial charge in [-0.3, -0.25) is 9.59 Å². The molecule has 0 aromatic carbocycles. The Morgan fingerprint density at radius 2 is 1.05 bits per heavy atom. The molecule has 0 heterocycles. The molecule has 0 aliphatic carbocycles. The molecule has 140 valence electrons. The van der Waals surface area contributed by atoms with E-state index in [-0.39, 0.29) is 33.8 Å². The molecule has 0 aromatic rings. The Balaban J connectivity index is -0.0000000812. The fourth-order valence-corrected chi connectivity index (χ4v) is 6.38. The zero-order valence-corrected chi connectivity index (χ0v) is 18.0. The van der Waals surface area contributed by atoms with Crippen molar-refractivity contribution in [3.63, 3.8) is 0 Å². The molecule has 0 aliphatic heterocycles. The van der Waals surface area contributed by atoms with Crippen LogP contribution < -0.4 is 0 Å². The summed E-state index contributed by atoms with van der Waals surface area (Å²) in [6, 6.07) is 0. The molecule has 0 spiro atoms. The minimum atomic E-state index is -0.833. The van der Waals surface area contributed by atoms with Gasteiger partial charge in [-0.1, -0.05) is 6.92 Å². The van der Waals surface area contributed by atoms with Crippen molar-refractivity contribution in [3.8, 4) is 0 Å². The maximum atomic E-state index is 9.00. The number of hydrogen-bond donors (Lipinski definition) is 2. The van der Waals surface area contributed by atoms with Crippen molar-refractivity contribution >= 4 is 19.9 Å². The molecule has 22 heavy (non-hydrogen) atoms. The summed E-state index contributed by atoms with van der Waals surface area (Å²) in [6.45, 7) is 18.9. The fraction of sp³-hybridized carbons (Fsp3) is 0.867. The molecular formula is C15H36O5PPd+. The quantitative estimate of drug-likeness (QED) is 0.513. The van der Waals surface area contributed by atoms with Gasteiger partial charge in [-0.25, -0.2) is 0 Å². The largest absolute Gasteiger partial charge is 0.481 e. The molecular weight excluding hydrogens is 398 g/mol. The van der Waals surface area contributed by atoms with Gasteiger partial charge in [0.2, 0.25) is 0 Å². The van der Waals surface area contributed by atoms with Crippen LogP contribution in [0.1, 0.15) is 68.7 Å². The molecule has 0 atom stereocenters. The van der Waals surface area contributed by atoms with Crippen molar-refractivity contribution in [2.75, 3.05) is 6.16 Å². The summed E-state index contributed by atoms with van der Waals surface area (Å²) in [5, 5.41) is 15.9. The van der Waals surface area contributed by atoms with Crippen LogP contribution in [0.3, 0.4) is 0 Å². The molecule has 0 amide bonds. The third kappa shape index (κ3) is 32.1. The third-order valence-corrected chi connectivity index (χ3v) is 6.93. The number of carboxylic acid groups (broad SMARTS) is 2. The first-order chi connectivity index (χ1) is 8.66. The van der Waals surface area contributed by atoms with Gasteiger partial charge in [0.15, 0.2) is 0 Å². The van der Waals surface area contributed by atoms with Crippen LogP contribution in [0.25, 0.3) is 0 Å². The molecule has 0 unspecified atom stereocenters. The first kappa shape index (κ1) is 33.6. The Labute approximate surface area is 151 Å². The standard InChI is InChI=1S/C11H25P.2C2H4O2.H2O.Pd/c1-8-9-12(10(2,3)4)11(5,6)7;2*1-2(3)4;;/h8-9H2,1-7H3;2*1H3,(H,3,4);1H2;/p+1. The average molecular weight is 434 g/mol. The summed E-state index contributed by atoms with van der Waals surface area (Å²) in [4.78, 5) is 18.0. The zero-order valence-electron chi connectivity index (χ0n) is 15.4. The second-order valence-electron chi connectivity index (χ2n) is 6.77. The van der Waals surface area contributed by atoms with E-state index in [1.807, 2.05) is 0 Å². The van der Waals surface area contributed by atoms with Crippen LogP contribution in [0, 0.1) is 0 Å². The number of carbonyl (C=O) groups is 2. The second-order valence-corrected chi connectivity index (χ2v) is 11.2. The minimum Gasteiger partial charge on any atom is -0.481 e. The van der Waals surface area contributed by atoms with Crippen molar-refractivity contribution in [3.05, 3.63) is 0 Å². The Morgan fingerprint density at radius 1 is 0.864 bits per heavy atom. The van der Waals surface area contributed by atoms with Gasteiger partial charge in [-0.05, 0) is 48.0 Å². The molecule has 0 rings (SSSR count). The van der Waals surface area contributed by atoms with Crippen molar-refractivity contribution in [2.24, 2.45) is 0 Å². The summed E-state index contributed by atoms with van der Waals surface area (Å²) in [5.74, 6) is -1.67. The SMILES string of the molecule is CC(=O)O.CC(=O)O.CCC[PH+](C(C)(C)C)C(C)(C)C.O.[Pd]. The van der Waals surface area contributed by atoms with E-state index in [1.165, 1.54) is 12.6 Å². The van der Waals surface area contributed by atoms with Crippen LogP contribution in [0.5, 0.6) is 0 Å². The number of hydrogen-bond acceptors (Lipinski definition) is 2. The van der Waals surface area contributed by atoms with Crippen molar-refractivity contribution in [1.29, 1.82) is 0 Å². The van der Waals surface area contributed by atoms with E-state index in [9.17, 15) is 0 Å². The van der Waals surface area contributed by atoms with Gasteiger partial charge in [0.25, 0.3) is 11.9 Å². The first-order valence-corrected chi connectivity index (χ1v) is 8.62. The number of aliphatic carboxylic acids is 2. The van der Waals surface area contributed by atoms with Gasteiger partial charge in [0.1, 0.15) is 0 Å². The van der Waals surface area contributed by atoms with E-state index in [2.05, 4.69) is 48.5 Å². The van der Waals surface area contributed by atoms with Gasteiger partial charge >= 0.3 is 0 Å². The molecule has 0 fully saturated rings. The normalized spacial score (nSPS) is 9.91. The Hall–Kier alpha value is -0.00766. The van der Waals surface area contributed by atoms with Gasteiger partial charge in [0, 0.05) is 42.2 Å². The van der Waals surface area contributed by atoms with Crippen LogP contribution in [-0.2, 0) is 30.0 Å². The van der Waals surface area contributed by atoms with Gasteiger partial charge in [0.05, 0.1) is 16.5 Å². The molecule has 0 aromatic heterocycles. The second kappa shape index (κ2) is 15.9. The van der Waals surface area contributed by atoms with Gasteiger partial charge < -0.3 is 15.7 Å². The Morgan fingerprint density at radius 3 is 1.09 bits per heavy atom. The molecule has 7 heteroatoms. The van der Waals surface area contributed by atoms with Crippen molar-refractivity contribution in [2.45, 2.75) is 79.0 Å². The predicted molar refractivity (Wildman–Crippen MR) is 93.2 cm³/mol. The molecule has 0 saturated carbocycles. The topological polar surface area (TPSA) is 106 Å². The minimum absolute atomic E-state index is 0. The number of rotatable bonds is 2. The van der Waals surface area contributed by atoms with Crippen LogP contribution in [0.4, 0.5) is 0 Å². The van der Waals surface area contributed by atoms with E-state index >= 15 is 0 Å². The summed E-state index contributed by atoms with van der Waals surface area (Å²) in [5.41, 5.74) is 0. The monoisotopic (exact) mass is 433 g/mol. The Kier molecular flexibility index (Phi) is 24.2. The van der Waals surface area contributed by atoms with Crippen LogP contribution in [0.15, 0.2) is 0 Å². The first-order valence-electron chi connectivity index (χ1n) is 6.92. The molecule has 0 saturated heterocycles. The maximum Gasteiger partial charge on any atom is 0.300 e. The van der Waals surface area contributed by atoms with Crippen molar-refractivity contribution < 1.29 is 45.7 Å². The molecule has 5 nitrogen and oxygen atoms in total. The van der Waals surface area contributed by atoms with E-state index < -0.39 is 11.9 Å². The summed E-state index contributed by atoms with van der Waals surface area (Å²) in [7, 11) is -0.227. The zero-order chi connectivity index (χ0) is 17.1. The number of carboxylic acids is 2. The molecule has 0 radical (unpaired) electrons. The molecule has 0 bridgehead atoms. The van der Waals surface area contributed by atoms with Gasteiger partial charge in [-0.2, -0.15) is 0 Å².